The molecule has 1 aromatic rings. The van der Waals surface area contributed by atoms with Crippen LogP contribution in [0.25, 0.3) is 0 Å². The van der Waals surface area contributed by atoms with E-state index in [4.69, 9.17) is 4.74 Å². The molecular weight excluding hydrogens is 298 g/mol. The fraction of sp³-hybridized carbons (Fsp3) is 0.353. The molecule has 0 unspecified atom stereocenters. The standard InChI is InChI=1S/C17H21NO5/c1-4-5-6-10-14(17(21)23-3)18-15(19)12-8-7-9-13(11-12)16(20)22-2/h4,7-9,11,14H,1,5-6,10H2,2-3H3,(H,18,19)/t14-/m0/s1. The van der Waals surface area contributed by atoms with E-state index in [1.807, 2.05) is 0 Å². The Morgan fingerprint density at radius 1 is 1.22 bits per heavy atom. The number of allylic oxidation sites excluding steroid dienone is 1. The van der Waals surface area contributed by atoms with Crippen LogP contribution in [0.15, 0.2) is 36.9 Å². The Labute approximate surface area is 135 Å². The number of methoxy groups -OCH3 is 2. The van der Waals surface area contributed by atoms with Crippen molar-refractivity contribution in [1.29, 1.82) is 0 Å². The lowest BCUT2D eigenvalue weighted by atomic mass is 10.1. The zero-order chi connectivity index (χ0) is 17.2. The van der Waals surface area contributed by atoms with E-state index < -0.39 is 23.9 Å². The lowest BCUT2D eigenvalue weighted by Gasteiger charge is -2.16. The molecule has 0 saturated carbocycles. The molecule has 1 N–H and O–H groups in total. The number of amides is 1. The van der Waals surface area contributed by atoms with Gasteiger partial charge in [0.25, 0.3) is 5.91 Å². The molecule has 1 rings (SSSR count). The highest BCUT2D eigenvalue weighted by molar-refractivity contribution is 5.99. The van der Waals surface area contributed by atoms with Gasteiger partial charge in [-0.1, -0.05) is 12.1 Å². The largest absolute Gasteiger partial charge is 0.467 e. The van der Waals surface area contributed by atoms with Crippen molar-refractivity contribution in [1.82, 2.24) is 5.32 Å². The molecule has 0 aromatic heterocycles. The lowest BCUT2D eigenvalue weighted by molar-refractivity contribution is -0.143. The van der Waals surface area contributed by atoms with Crippen molar-refractivity contribution in [3.63, 3.8) is 0 Å². The van der Waals surface area contributed by atoms with E-state index in [9.17, 15) is 14.4 Å². The number of unbranched alkanes of at least 4 members (excludes halogenated alkanes) is 1. The molecule has 1 amide bonds. The summed E-state index contributed by atoms with van der Waals surface area (Å²) < 4.78 is 9.32. The zero-order valence-electron chi connectivity index (χ0n) is 13.3. The average molecular weight is 319 g/mol. The molecule has 0 aliphatic rings. The van der Waals surface area contributed by atoms with Gasteiger partial charge < -0.3 is 14.8 Å². The maximum absolute atomic E-state index is 12.3. The number of nitrogens with one attached hydrogen (secondary N) is 1. The summed E-state index contributed by atoms with van der Waals surface area (Å²) in [6.07, 6.45) is 3.63. The van der Waals surface area contributed by atoms with Gasteiger partial charge in [0.15, 0.2) is 0 Å². The molecule has 0 fully saturated rings. The smallest absolute Gasteiger partial charge is 0.337 e. The van der Waals surface area contributed by atoms with Crippen LogP contribution in [0.3, 0.4) is 0 Å². The molecule has 0 saturated heterocycles. The first-order valence-electron chi connectivity index (χ1n) is 7.21. The minimum Gasteiger partial charge on any atom is -0.467 e. The van der Waals surface area contributed by atoms with E-state index in [1.54, 1.807) is 24.3 Å². The van der Waals surface area contributed by atoms with Gasteiger partial charge in [-0.2, -0.15) is 0 Å². The Hall–Kier alpha value is -2.63. The Morgan fingerprint density at radius 3 is 2.52 bits per heavy atom. The Morgan fingerprint density at radius 2 is 1.91 bits per heavy atom. The molecule has 1 atom stereocenters. The third-order valence-corrected chi connectivity index (χ3v) is 3.24. The maximum atomic E-state index is 12.3. The van der Waals surface area contributed by atoms with Gasteiger partial charge in [-0.25, -0.2) is 9.59 Å². The molecule has 6 heteroatoms. The number of hydrogen-bond acceptors (Lipinski definition) is 5. The van der Waals surface area contributed by atoms with Crippen LogP contribution >= 0.6 is 0 Å². The van der Waals surface area contributed by atoms with Gasteiger partial charge in [-0.05, 0) is 37.5 Å². The van der Waals surface area contributed by atoms with E-state index in [1.165, 1.54) is 20.3 Å². The summed E-state index contributed by atoms with van der Waals surface area (Å²) in [6.45, 7) is 3.62. The van der Waals surface area contributed by atoms with Crippen molar-refractivity contribution in [3.05, 3.63) is 48.0 Å². The summed E-state index contributed by atoms with van der Waals surface area (Å²) >= 11 is 0. The molecule has 23 heavy (non-hydrogen) atoms. The average Bonchev–Trinajstić information content (AvgIpc) is 2.59. The van der Waals surface area contributed by atoms with Crippen molar-refractivity contribution in [3.8, 4) is 0 Å². The molecule has 0 spiro atoms. The maximum Gasteiger partial charge on any atom is 0.337 e. The van der Waals surface area contributed by atoms with Gasteiger partial charge in [0, 0.05) is 5.56 Å². The number of ether oxygens (including phenoxy) is 2. The van der Waals surface area contributed by atoms with Gasteiger partial charge in [-0.3, -0.25) is 4.79 Å². The quantitative estimate of drug-likeness (QED) is 0.451. The molecular formula is C17H21NO5. The first kappa shape index (κ1) is 18.4. The Bertz CT molecular complexity index is 582. The van der Waals surface area contributed by atoms with E-state index in [0.717, 1.165) is 6.42 Å². The Kier molecular flexibility index (Phi) is 7.53. The monoisotopic (exact) mass is 319 g/mol. The third-order valence-electron chi connectivity index (χ3n) is 3.24. The zero-order valence-corrected chi connectivity index (χ0v) is 13.3. The molecule has 0 heterocycles. The molecule has 0 radical (unpaired) electrons. The number of rotatable bonds is 8. The van der Waals surface area contributed by atoms with Gasteiger partial charge in [0.05, 0.1) is 19.8 Å². The van der Waals surface area contributed by atoms with Crippen LogP contribution in [0.4, 0.5) is 0 Å². The number of carbonyl (C=O) groups excluding carboxylic acids is 3. The summed E-state index contributed by atoms with van der Waals surface area (Å²) in [6, 6.07) is 5.35. The highest BCUT2D eigenvalue weighted by atomic mass is 16.5. The minimum atomic E-state index is -0.741. The number of esters is 2. The predicted molar refractivity (Wildman–Crippen MR) is 85.1 cm³/mol. The highest BCUT2D eigenvalue weighted by Gasteiger charge is 2.22. The molecule has 0 bridgehead atoms. The van der Waals surface area contributed by atoms with Crippen molar-refractivity contribution < 1.29 is 23.9 Å². The second-order valence-electron chi connectivity index (χ2n) is 4.84. The normalized spacial score (nSPS) is 11.2. The van der Waals surface area contributed by atoms with E-state index in [-0.39, 0.29) is 11.1 Å². The summed E-state index contributed by atoms with van der Waals surface area (Å²) in [7, 11) is 2.54. The van der Waals surface area contributed by atoms with Crippen molar-refractivity contribution >= 4 is 17.8 Å². The van der Waals surface area contributed by atoms with Crippen LogP contribution < -0.4 is 5.32 Å². The minimum absolute atomic E-state index is 0.265. The molecule has 124 valence electrons. The summed E-state index contributed by atoms with van der Waals surface area (Å²) in [4.78, 5) is 35.5. The highest BCUT2D eigenvalue weighted by Crippen LogP contribution is 2.09. The lowest BCUT2D eigenvalue weighted by Crippen LogP contribution is -2.41. The first-order chi connectivity index (χ1) is 11.0. The van der Waals surface area contributed by atoms with Gasteiger partial charge >= 0.3 is 11.9 Å². The van der Waals surface area contributed by atoms with Crippen LogP contribution in [0.2, 0.25) is 0 Å². The predicted octanol–water partition coefficient (Wildman–Crippen LogP) is 2.10. The summed E-state index contributed by atoms with van der Waals surface area (Å²) in [5.41, 5.74) is 0.534. The molecule has 6 nitrogen and oxygen atoms in total. The van der Waals surface area contributed by atoms with Crippen molar-refractivity contribution in [2.75, 3.05) is 14.2 Å². The third kappa shape index (κ3) is 5.58. The second-order valence-corrected chi connectivity index (χ2v) is 4.84. The van der Waals surface area contributed by atoms with Crippen molar-refractivity contribution in [2.24, 2.45) is 0 Å². The SMILES string of the molecule is C=CCCC[C@H](NC(=O)c1cccc(C(=O)OC)c1)C(=O)OC. The number of benzene rings is 1. The number of hydrogen-bond donors (Lipinski definition) is 1. The van der Waals surface area contributed by atoms with Gasteiger partial charge in [0.2, 0.25) is 0 Å². The van der Waals surface area contributed by atoms with Crippen LogP contribution in [-0.4, -0.2) is 38.1 Å². The van der Waals surface area contributed by atoms with E-state index in [0.29, 0.717) is 12.8 Å². The fourth-order valence-electron chi connectivity index (χ4n) is 2.00. The number of carbonyl (C=O) groups is 3. The molecule has 0 aliphatic carbocycles. The van der Waals surface area contributed by atoms with Crippen LogP contribution in [0, 0.1) is 0 Å². The molecule has 0 aliphatic heterocycles. The fourth-order valence-corrected chi connectivity index (χ4v) is 2.00. The van der Waals surface area contributed by atoms with Gasteiger partial charge in [0.1, 0.15) is 6.04 Å². The Balaban J connectivity index is 2.83. The van der Waals surface area contributed by atoms with Crippen LogP contribution in [0.1, 0.15) is 40.0 Å². The van der Waals surface area contributed by atoms with Crippen LogP contribution in [0.5, 0.6) is 0 Å². The second kappa shape index (κ2) is 9.40. The van der Waals surface area contributed by atoms with E-state index >= 15 is 0 Å². The van der Waals surface area contributed by atoms with Crippen molar-refractivity contribution in [2.45, 2.75) is 25.3 Å². The summed E-state index contributed by atoms with van der Waals surface area (Å²) in [5, 5.41) is 2.63. The molecule has 1 aromatic carbocycles. The topological polar surface area (TPSA) is 81.7 Å². The first-order valence-corrected chi connectivity index (χ1v) is 7.21. The van der Waals surface area contributed by atoms with Crippen LogP contribution in [-0.2, 0) is 14.3 Å². The van der Waals surface area contributed by atoms with Gasteiger partial charge in [-0.15, -0.1) is 6.58 Å². The summed E-state index contributed by atoms with van der Waals surface area (Å²) in [5.74, 6) is -1.49. The van der Waals surface area contributed by atoms with E-state index in [2.05, 4.69) is 16.6 Å².